The lowest BCUT2D eigenvalue weighted by molar-refractivity contribution is -0.133. The van der Waals surface area contributed by atoms with E-state index in [-0.39, 0.29) is 11.8 Å². The van der Waals surface area contributed by atoms with E-state index < -0.39 is 0 Å². The Balaban J connectivity index is 1.73. The molecule has 1 aliphatic rings. The molecule has 0 atom stereocenters. The van der Waals surface area contributed by atoms with Crippen LogP contribution in [0, 0.1) is 5.92 Å². The number of nitrogens with zero attached hydrogens (tertiary/aromatic N) is 2. The minimum absolute atomic E-state index is 0.0808. The van der Waals surface area contributed by atoms with Crippen molar-refractivity contribution in [3.63, 3.8) is 0 Å². The topological polar surface area (TPSA) is 52.7 Å². The first-order valence-electron chi connectivity index (χ1n) is 8.50. The Hall–Kier alpha value is -1.59. The van der Waals surface area contributed by atoms with Gasteiger partial charge in [-0.05, 0) is 24.5 Å². The first kappa shape index (κ1) is 18.7. The normalized spacial score (nSPS) is 15.6. The first-order chi connectivity index (χ1) is 11.5. The first-order valence-corrected chi connectivity index (χ1v) is 8.88. The van der Waals surface area contributed by atoms with Crippen molar-refractivity contribution in [2.45, 2.75) is 26.7 Å². The number of carbonyl (C=O) groups is 2. The summed E-state index contributed by atoms with van der Waals surface area (Å²) in [5.74, 6) is 0.690. The molecule has 1 aliphatic heterocycles. The van der Waals surface area contributed by atoms with E-state index in [4.69, 9.17) is 11.6 Å². The molecule has 1 aromatic carbocycles. The fourth-order valence-corrected chi connectivity index (χ4v) is 2.86. The molecule has 0 spiro atoms. The highest BCUT2D eigenvalue weighted by Crippen LogP contribution is 2.20. The SMILES string of the molecule is CC(C)CCC(=O)N1CCN(CC(=O)Nc2ccccc2Cl)CC1. The Labute approximate surface area is 149 Å². The van der Waals surface area contributed by atoms with Crippen molar-refractivity contribution in [2.24, 2.45) is 5.92 Å². The maximum atomic E-state index is 12.1. The predicted molar refractivity (Wildman–Crippen MR) is 97.2 cm³/mol. The van der Waals surface area contributed by atoms with Gasteiger partial charge in [0.1, 0.15) is 0 Å². The Kier molecular flexibility index (Phi) is 7.06. The highest BCUT2D eigenvalue weighted by atomic mass is 35.5. The van der Waals surface area contributed by atoms with E-state index in [2.05, 4.69) is 24.1 Å². The van der Waals surface area contributed by atoms with E-state index in [9.17, 15) is 9.59 Å². The van der Waals surface area contributed by atoms with Gasteiger partial charge in [-0.2, -0.15) is 0 Å². The fraction of sp³-hybridized carbons (Fsp3) is 0.556. The molecule has 0 aromatic heterocycles. The van der Waals surface area contributed by atoms with Gasteiger partial charge in [-0.1, -0.05) is 37.6 Å². The summed E-state index contributed by atoms with van der Waals surface area (Å²) in [6.45, 7) is 7.41. The molecule has 2 amide bonds. The van der Waals surface area contributed by atoms with Crippen LogP contribution in [0.25, 0.3) is 0 Å². The maximum Gasteiger partial charge on any atom is 0.238 e. The molecular weight excluding hydrogens is 326 g/mol. The molecule has 0 bridgehead atoms. The van der Waals surface area contributed by atoms with Crippen LogP contribution in [0.2, 0.25) is 5.02 Å². The second kappa shape index (κ2) is 9.04. The largest absolute Gasteiger partial charge is 0.340 e. The van der Waals surface area contributed by atoms with Crippen LogP contribution in [0.15, 0.2) is 24.3 Å². The van der Waals surface area contributed by atoms with Crippen molar-refractivity contribution in [1.29, 1.82) is 0 Å². The molecule has 0 unspecified atom stereocenters. The molecule has 24 heavy (non-hydrogen) atoms. The molecule has 132 valence electrons. The quantitative estimate of drug-likeness (QED) is 0.857. The van der Waals surface area contributed by atoms with E-state index in [0.717, 1.165) is 19.5 Å². The summed E-state index contributed by atoms with van der Waals surface area (Å²) < 4.78 is 0. The van der Waals surface area contributed by atoms with Crippen LogP contribution in [0.5, 0.6) is 0 Å². The van der Waals surface area contributed by atoms with Gasteiger partial charge in [0.2, 0.25) is 11.8 Å². The van der Waals surface area contributed by atoms with Gasteiger partial charge in [0.25, 0.3) is 0 Å². The number of para-hydroxylation sites is 1. The van der Waals surface area contributed by atoms with Gasteiger partial charge in [0.05, 0.1) is 17.3 Å². The smallest absolute Gasteiger partial charge is 0.238 e. The lowest BCUT2D eigenvalue weighted by Crippen LogP contribution is -2.50. The summed E-state index contributed by atoms with van der Waals surface area (Å²) in [7, 11) is 0. The van der Waals surface area contributed by atoms with Crippen molar-refractivity contribution in [3.8, 4) is 0 Å². The number of rotatable bonds is 6. The highest BCUT2D eigenvalue weighted by molar-refractivity contribution is 6.33. The number of anilines is 1. The number of halogens is 1. The highest BCUT2D eigenvalue weighted by Gasteiger charge is 2.22. The number of piperazine rings is 1. The van der Waals surface area contributed by atoms with Crippen LogP contribution >= 0.6 is 11.6 Å². The Bertz CT molecular complexity index is 569. The van der Waals surface area contributed by atoms with E-state index in [1.54, 1.807) is 12.1 Å². The second-order valence-corrected chi connectivity index (χ2v) is 7.02. The van der Waals surface area contributed by atoms with Crippen LogP contribution < -0.4 is 5.32 Å². The number of benzene rings is 1. The van der Waals surface area contributed by atoms with E-state index in [0.29, 0.717) is 42.7 Å². The second-order valence-electron chi connectivity index (χ2n) is 6.62. The maximum absolute atomic E-state index is 12.1. The van der Waals surface area contributed by atoms with E-state index in [1.807, 2.05) is 17.0 Å². The fourth-order valence-electron chi connectivity index (χ4n) is 2.68. The molecule has 5 nitrogen and oxygen atoms in total. The molecule has 1 aromatic rings. The minimum atomic E-state index is -0.0808. The number of nitrogens with one attached hydrogen (secondary N) is 1. The molecule has 0 radical (unpaired) electrons. The van der Waals surface area contributed by atoms with Crippen LogP contribution in [0.1, 0.15) is 26.7 Å². The Morgan fingerprint density at radius 3 is 2.46 bits per heavy atom. The minimum Gasteiger partial charge on any atom is -0.340 e. The van der Waals surface area contributed by atoms with Gasteiger partial charge >= 0.3 is 0 Å². The monoisotopic (exact) mass is 351 g/mol. The lowest BCUT2D eigenvalue weighted by Gasteiger charge is -2.34. The lowest BCUT2D eigenvalue weighted by atomic mass is 10.1. The summed E-state index contributed by atoms with van der Waals surface area (Å²) in [4.78, 5) is 28.2. The zero-order valence-electron chi connectivity index (χ0n) is 14.4. The molecule has 2 rings (SSSR count). The van der Waals surface area contributed by atoms with Crippen LogP contribution in [-0.2, 0) is 9.59 Å². The summed E-state index contributed by atoms with van der Waals surface area (Å²) in [5.41, 5.74) is 0.631. The zero-order valence-corrected chi connectivity index (χ0v) is 15.2. The van der Waals surface area contributed by atoms with E-state index in [1.165, 1.54) is 0 Å². The third kappa shape index (κ3) is 5.80. The number of hydrogen-bond donors (Lipinski definition) is 1. The van der Waals surface area contributed by atoms with E-state index >= 15 is 0 Å². The molecule has 1 fully saturated rings. The molecule has 6 heteroatoms. The standard InChI is InChI=1S/C18H26ClN3O2/c1-14(2)7-8-18(24)22-11-9-21(10-12-22)13-17(23)20-16-6-4-3-5-15(16)19/h3-6,14H,7-13H2,1-2H3,(H,20,23). The third-order valence-electron chi connectivity index (χ3n) is 4.18. The number of carbonyl (C=O) groups excluding carboxylic acids is 2. The molecule has 1 saturated heterocycles. The van der Waals surface area contributed by atoms with Gasteiger partial charge in [0.15, 0.2) is 0 Å². The Morgan fingerprint density at radius 2 is 1.83 bits per heavy atom. The summed E-state index contributed by atoms with van der Waals surface area (Å²) in [6, 6.07) is 7.20. The molecule has 1 heterocycles. The van der Waals surface area contributed by atoms with Gasteiger partial charge in [-0.15, -0.1) is 0 Å². The number of hydrogen-bond acceptors (Lipinski definition) is 3. The van der Waals surface area contributed by atoms with Gasteiger partial charge in [-0.25, -0.2) is 0 Å². The van der Waals surface area contributed by atoms with Crippen molar-refractivity contribution >= 4 is 29.1 Å². The molecule has 0 aliphatic carbocycles. The third-order valence-corrected chi connectivity index (χ3v) is 4.51. The van der Waals surface area contributed by atoms with Gasteiger partial charge < -0.3 is 10.2 Å². The van der Waals surface area contributed by atoms with Crippen LogP contribution in [0.4, 0.5) is 5.69 Å². The summed E-state index contributed by atoms with van der Waals surface area (Å²) in [6.07, 6.45) is 1.55. The average Bonchev–Trinajstić information content (AvgIpc) is 2.55. The van der Waals surface area contributed by atoms with Crippen LogP contribution in [-0.4, -0.2) is 54.3 Å². The van der Waals surface area contributed by atoms with Crippen LogP contribution in [0.3, 0.4) is 0 Å². The average molecular weight is 352 g/mol. The van der Waals surface area contributed by atoms with Crippen molar-refractivity contribution in [2.75, 3.05) is 38.0 Å². The molecule has 1 N–H and O–H groups in total. The van der Waals surface area contributed by atoms with Crippen molar-refractivity contribution < 1.29 is 9.59 Å². The van der Waals surface area contributed by atoms with Gasteiger partial charge in [-0.3, -0.25) is 14.5 Å². The number of amides is 2. The predicted octanol–water partition coefficient (Wildman–Crippen LogP) is 2.86. The zero-order chi connectivity index (χ0) is 17.5. The molecule has 0 saturated carbocycles. The van der Waals surface area contributed by atoms with Gasteiger partial charge in [0, 0.05) is 32.6 Å². The molecular formula is C18H26ClN3O2. The van der Waals surface area contributed by atoms with Crippen molar-refractivity contribution in [1.82, 2.24) is 9.80 Å². The summed E-state index contributed by atoms with van der Waals surface area (Å²) >= 11 is 6.04. The van der Waals surface area contributed by atoms with Crippen molar-refractivity contribution in [3.05, 3.63) is 29.3 Å². The Morgan fingerprint density at radius 1 is 1.17 bits per heavy atom. The summed E-state index contributed by atoms with van der Waals surface area (Å²) in [5, 5.41) is 3.36.